The van der Waals surface area contributed by atoms with E-state index in [4.69, 9.17) is 4.74 Å². The van der Waals surface area contributed by atoms with E-state index in [0.717, 1.165) is 25.1 Å². The number of halogens is 1. The molecule has 0 saturated carbocycles. The quantitative estimate of drug-likeness (QED) is 0.831. The summed E-state index contributed by atoms with van der Waals surface area (Å²) in [5, 5.41) is 2.85. The summed E-state index contributed by atoms with van der Waals surface area (Å²) in [7, 11) is 1.59. The van der Waals surface area contributed by atoms with Crippen molar-refractivity contribution in [2.75, 3.05) is 19.0 Å². The molecule has 7 nitrogen and oxygen atoms in total. The summed E-state index contributed by atoms with van der Waals surface area (Å²) in [6, 6.07) is 2.20. The molecule has 0 radical (unpaired) electrons. The van der Waals surface area contributed by atoms with Crippen LogP contribution in [0.4, 0.5) is 9.52 Å². The van der Waals surface area contributed by atoms with Crippen LogP contribution in [0.1, 0.15) is 30.8 Å². The Morgan fingerprint density at radius 3 is 3.04 bits per heavy atom. The number of rotatable bonds is 6. The first-order valence-corrected chi connectivity index (χ1v) is 9.28. The number of thiazole rings is 1. The number of hydrogen-bond donors (Lipinski definition) is 1. The Balaban J connectivity index is 1.62. The lowest BCUT2D eigenvalue weighted by molar-refractivity contribution is -0.114. The summed E-state index contributed by atoms with van der Waals surface area (Å²) < 4.78 is 19.2. The molecular weight excluding hydrogens is 357 g/mol. The first kappa shape index (κ1) is 18.7. The SMILES string of the molecule is COc1cc(C[C@@H]2C[C@H](C)N(Cc3sc(NC(C)=O)nc3F)C2)ncn1. The lowest BCUT2D eigenvalue weighted by Gasteiger charge is -2.19. The van der Waals surface area contributed by atoms with E-state index in [9.17, 15) is 9.18 Å². The molecule has 1 aliphatic heterocycles. The Kier molecular flexibility index (Phi) is 5.77. The van der Waals surface area contributed by atoms with Crippen LogP contribution in [0.3, 0.4) is 0 Å². The van der Waals surface area contributed by atoms with E-state index in [-0.39, 0.29) is 5.91 Å². The average Bonchev–Trinajstić information content (AvgIpc) is 3.09. The van der Waals surface area contributed by atoms with Gasteiger partial charge in [-0.3, -0.25) is 9.69 Å². The maximum atomic E-state index is 14.1. The van der Waals surface area contributed by atoms with E-state index in [2.05, 4.69) is 32.1 Å². The Morgan fingerprint density at radius 1 is 1.50 bits per heavy atom. The molecule has 2 aromatic heterocycles. The molecule has 1 amide bonds. The smallest absolute Gasteiger partial charge is 0.230 e. The lowest BCUT2D eigenvalue weighted by Crippen LogP contribution is -2.26. The molecule has 0 aromatic carbocycles. The van der Waals surface area contributed by atoms with Gasteiger partial charge in [-0.05, 0) is 25.7 Å². The number of methoxy groups -OCH3 is 1. The van der Waals surface area contributed by atoms with Gasteiger partial charge in [-0.25, -0.2) is 9.97 Å². The van der Waals surface area contributed by atoms with Crippen LogP contribution in [0.2, 0.25) is 0 Å². The second-order valence-electron chi connectivity index (χ2n) is 6.55. The topological polar surface area (TPSA) is 80.2 Å². The fourth-order valence-electron chi connectivity index (χ4n) is 3.30. The summed E-state index contributed by atoms with van der Waals surface area (Å²) in [5.41, 5.74) is 0.952. The van der Waals surface area contributed by atoms with Crippen LogP contribution in [0.5, 0.6) is 5.88 Å². The number of likely N-dealkylation sites (tertiary alicyclic amines) is 1. The molecule has 0 aliphatic carbocycles. The largest absolute Gasteiger partial charge is 0.481 e. The zero-order chi connectivity index (χ0) is 18.7. The highest BCUT2D eigenvalue weighted by atomic mass is 32.1. The summed E-state index contributed by atoms with van der Waals surface area (Å²) in [6.45, 7) is 4.89. The predicted octanol–water partition coefficient (Wildman–Crippen LogP) is 2.49. The fraction of sp³-hybridized carbons (Fsp3) is 0.529. The molecule has 2 atom stereocenters. The van der Waals surface area contributed by atoms with Gasteiger partial charge in [-0.2, -0.15) is 9.37 Å². The molecule has 1 aliphatic rings. The zero-order valence-electron chi connectivity index (χ0n) is 15.0. The maximum absolute atomic E-state index is 14.1. The van der Waals surface area contributed by atoms with E-state index in [0.29, 0.717) is 34.4 Å². The van der Waals surface area contributed by atoms with E-state index in [1.807, 2.05) is 6.07 Å². The van der Waals surface area contributed by atoms with Crippen molar-refractivity contribution in [3.05, 3.63) is 28.9 Å². The highest BCUT2D eigenvalue weighted by Gasteiger charge is 2.30. The Labute approximate surface area is 155 Å². The predicted molar refractivity (Wildman–Crippen MR) is 96.6 cm³/mol. The van der Waals surface area contributed by atoms with Crippen molar-refractivity contribution in [1.29, 1.82) is 0 Å². The van der Waals surface area contributed by atoms with Crippen molar-refractivity contribution in [3.63, 3.8) is 0 Å². The molecule has 3 rings (SSSR count). The van der Waals surface area contributed by atoms with E-state index in [1.54, 1.807) is 7.11 Å². The Bertz CT molecular complexity index is 784. The fourth-order valence-corrected chi connectivity index (χ4v) is 4.22. The van der Waals surface area contributed by atoms with Gasteiger partial charge in [0.2, 0.25) is 17.7 Å². The van der Waals surface area contributed by atoms with Crippen molar-refractivity contribution in [2.45, 2.75) is 39.3 Å². The number of aromatic nitrogens is 3. The molecule has 1 fully saturated rings. The molecule has 0 spiro atoms. The minimum absolute atomic E-state index is 0.250. The molecule has 1 saturated heterocycles. The van der Waals surface area contributed by atoms with Crippen molar-refractivity contribution in [3.8, 4) is 5.88 Å². The van der Waals surface area contributed by atoms with Gasteiger partial charge in [0.05, 0.1) is 12.0 Å². The summed E-state index contributed by atoms with van der Waals surface area (Å²) >= 11 is 1.19. The van der Waals surface area contributed by atoms with Gasteiger partial charge in [0.15, 0.2) is 5.13 Å². The number of ether oxygens (including phenoxy) is 1. The van der Waals surface area contributed by atoms with Gasteiger partial charge in [-0.15, -0.1) is 0 Å². The summed E-state index contributed by atoms with van der Waals surface area (Å²) in [6.07, 6.45) is 3.37. The third-order valence-corrected chi connectivity index (χ3v) is 5.41. The maximum Gasteiger partial charge on any atom is 0.230 e. The lowest BCUT2D eigenvalue weighted by atomic mass is 10.0. The van der Waals surface area contributed by atoms with Crippen molar-refractivity contribution >= 4 is 22.4 Å². The average molecular weight is 379 g/mol. The summed E-state index contributed by atoms with van der Waals surface area (Å²) in [5.74, 6) is 0.251. The van der Waals surface area contributed by atoms with Crippen molar-refractivity contribution in [1.82, 2.24) is 19.9 Å². The monoisotopic (exact) mass is 379 g/mol. The van der Waals surface area contributed by atoms with E-state index < -0.39 is 5.95 Å². The normalized spacial score (nSPS) is 20.3. The minimum Gasteiger partial charge on any atom is -0.481 e. The number of nitrogens with one attached hydrogen (secondary N) is 1. The first-order valence-electron chi connectivity index (χ1n) is 8.46. The van der Waals surface area contributed by atoms with Crippen LogP contribution in [0.25, 0.3) is 0 Å². The summed E-state index contributed by atoms with van der Waals surface area (Å²) in [4.78, 5) is 26.0. The van der Waals surface area contributed by atoms with Gasteiger partial charge >= 0.3 is 0 Å². The van der Waals surface area contributed by atoms with Crippen molar-refractivity contribution < 1.29 is 13.9 Å². The zero-order valence-corrected chi connectivity index (χ0v) is 15.8. The van der Waals surface area contributed by atoms with Gasteiger partial charge in [0.25, 0.3) is 0 Å². The third kappa shape index (κ3) is 4.53. The van der Waals surface area contributed by atoms with Gasteiger partial charge < -0.3 is 10.1 Å². The highest BCUT2D eigenvalue weighted by Crippen LogP contribution is 2.30. The van der Waals surface area contributed by atoms with Gasteiger partial charge in [0.1, 0.15) is 6.33 Å². The van der Waals surface area contributed by atoms with Crippen LogP contribution in [0, 0.1) is 11.9 Å². The second-order valence-corrected chi connectivity index (χ2v) is 7.63. The Morgan fingerprint density at radius 2 is 2.31 bits per heavy atom. The number of hydrogen-bond acceptors (Lipinski definition) is 7. The number of carbonyl (C=O) groups is 1. The Hall–Kier alpha value is -2.13. The van der Waals surface area contributed by atoms with Crippen LogP contribution >= 0.6 is 11.3 Å². The molecule has 26 heavy (non-hydrogen) atoms. The number of anilines is 1. The molecular formula is C17H22FN5O2S. The highest BCUT2D eigenvalue weighted by molar-refractivity contribution is 7.15. The van der Waals surface area contributed by atoms with Crippen LogP contribution in [-0.2, 0) is 17.8 Å². The molecule has 9 heteroatoms. The molecule has 140 valence electrons. The van der Waals surface area contributed by atoms with Gasteiger partial charge in [0, 0.05) is 37.8 Å². The molecule has 0 unspecified atom stereocenters. The molecule has 2 aromatic rings. The molecule has 3 heterocycles. The van der Waals surface area contributed by atoms with Crippen LogP contribution < -0.4 is 10.1 Å². The minimum atomic E-state index is -0.505. The number of nitrogens with zero attached hydrogens (tertiary/aromatic N) is 4. The van der Waals surface area contributed by atoms with E-state index in [1.165, 1.54) is 24.6 Å². The molecule has 0 bridgehead atoms. The van der Waals surface area contributed by atoms with Crippen LogP contribution in [-0.4, -0.2) is 45.5 Å². The first-order chi connectivity index (χ1) is 12.4. The third-order valence-electron chi connectivity index (χ3n) is 4.48. The van der Waals surface area contributed by atoms with Crippen LogP contribution in [0.15, 0.2) is 12.4 Å². The number of amides is 1. The molecule has 1 N–H and O–H groups in total. The van der Waals surface area contributed by atoms with E-state index >= 15 is 0 Å². The standard InChI is InChI=1S/C17H22FN5O2S/c1-10-4-12(5-13-6-15(25-3)20-9-19-13)7-23(10)8-14-16(18)22-17(26-14)21-11(2)24/h6,9-10,12H,4-5,7-8H2,1-3H3,(H,21,22,24)/t10-,12-/m0/s1. The number of carbonyl (C=O) groups excluding carboxylic acids is 1. The van der Waals surface area contributed by atoms with Crippen molar-refractivity contribution in [2.24, 2.45) is 5.92 Å². The second kappa shape index (κ2) is 8.05. The van der Waals surface area contributed by atoms with Gasteiger partial charge in [-0.1, -0.05) is 11.3 Å².